The van der Waals surface area contributed by atoms with Gasteiger partial charge in [0.1, 0.15) is 5.75 Å². The van der Waals surface area contributed by atoms with E-state index in [1.165, 1.54) is 18.2 Å². The predicted octanol–water partition coefficient (Wildman–Crippen LogP) is 1.29. The van der Waals surface area contributed by atoms with Crippen molar-refractivity contribution in [1.82, 2.24) is 10.8 Å². The molecular formula is C16H18N4O4. The lowest BCUT2D eigenvalue weighted by Gasteiger charge is -2.12. The number of carbonyl (C=O) groups is 2. The number of hydrogen-bond acceptors (Lipinski definition) is 5. The van der Waals surface area contributed by atoms with E-state index in [0.29, 0.717) is 11.1 Å². The summed E-state index contributed by atoms with van der Waals surface area (Å²) in [5.74, 6) is -0.673. The van der Waals surface area contributed by atoms with Crippen molar-refractivity contribution in [3.8, 4) is 5.75 Å². The number of anilines is 1. The molecule has 0 atom stereocenters. The molecule has 0 aromatic heterocycles. The number of amides is 3. The number of nitrogens with two attached hydrogens (primary N) is 1. The van der Waals surface area contributed by atoms with E-state index in [4.69, 9.17) is 10.9 Å². The molecule has 0 spiro atoms. The van der Waals surface area contributed by atoms with E-state index in [1.54, 1.807) is 29.7 Å². The Morgan fingerprint density at radius 1 is 1.08 bits per heavy atom. The Balaban J connectivity index is 1.95. The van der Waals surface area contributed by atoms with Crippen molar-refractivity contribution in [2.45, 2.75) is 13.1 Å². The van der Waals surface area contributed by atoms with Gasteiger partial charge in [0.15, 0.2) is 0 Å². The number of phenolic OH excluding ortho intramolecular Hbond substituents is 1. The first kappa shape index (κ1) is 17.3. The van der Waals surface area contributed by atoms with Crippen molar-refractivity contribution in [3.63, 3.8) is 0 Å². The Bertz CT molecular complexity index is 731. The molecule has 3 amide bonds. The fraction of sp³-hybridized carbons (Fsp3) is 0.125. The highest BCUT2D eigenvalue weighted by Gasteiger charge is 2.10. The molecule has 0 bridgehead atoms. The quantitative estimate of drug-likeness (QED) is 0.279. The first-order chi connectivity index (χ1) is 11.5. The van der Waals surface area contributed by atoms with Gasteiger partial charge in [-0.2, -0.15) is 0 Å². The number of hydroxylamine groups is 1. The summed E-state index contributed by atoms with van der Waals surface area (Å²) in [4.78, 5) is 23.2. The molecule has 0 saturated heterocycles. The van der Waals surface area contributed by atoms with Crippen LogP contribution >= 0.6 is 0 Å². The monoisotopic (exact) mass is 330 g/mol. The van der Waals surface area contributed by atoms with Gasteiger partial charge in [-0.25, -0.2) is 10.3 Å². The summed E-state index contributed by atoms with van der Waals surface area (Å²) in [6, 6.07) is 10.7. The van der Waals surface area contributed by atoms with Crippen molar-refractivity contribution >= 4 is 17.6 Å². The summed E-state index contributed by atoms with van der Waals surface area (Å²) in [6.07, 6.45) is 0. The summed E-state index contributed by atoms with van der Waals surface area (Å²) in [5, 5.41) is 23.5. The molecular weight excluding hydrogens is 312 g/mol. The number of carbonyl (C=O) groups excluding carboxylic acids is 2. The van der Waals surface area contributed by atoms with Crippen molar-refractivity contribution in [3.05, 3.63) is 59.2 Å². The lowest BCUT2D eigenvalue weighted by atomic mass is 10.1. The molecule has 0 radical (unpaired) electrons. The number of aromatic hydroxyl groups is 1. The lowest BCUT2D eigenvalue weighted by molar-refractivity contribution is 0.0706. The van der Waals surface area contributed by atoms with Crippen LogP contribution in [-0.2, 0) is 13.1 Å². The van der Waals surface area contributed by atoms with Gasteiger partial charge < -0.3 is 21.5 Å². The van der Waals surface area contributed by atoms with E-state index in [9.17, 15) is 14.7 Å². The standard InChI is InChI=1S/C16H18N4O4/c17-8-12-2-1-3-13(21)14(12)19-16(23)18-9-10-4-6-11(7-5-10)15(22)20-24/h1-7,21,24H,8-9,17H2,(H,20,22)(H2,18,19,23). The average molecular weight is 330 g/mol. The van der Waals surface area contributed by atoms with Crippen molar-refractivity contribution in [2.75, 3.05) is 5.32 Å². The van der Waals surface area contributed by atoms with Gasteiger partial charge in [-0.05, 0) is 29.3 Å². The maximum absolute atomic E-state index is 12.0. The molecule has 0 aliphatic heterocycles. The number of nitrogens with one attached hydrogen (secondary N) is 3. The maximum atomic E-state index is 12.0. The van der Waals surface area contributed by atoms with Gasteiger partial charge in [0.25, 0.3) is 5.91 Å². The van der Waals surface area contributed by atoms with Crippen LogP contribution in [0.15, 0.2) is 42.5 Å². The molecule has 24 heavy (non-hydrogen) atoms. The van der Waals surface area contributed by atoms with E-state index in [0.717, 1.165) is 5.56 Å². The number of benzene rings is 2. The third-order valence-electron chi connectivity index (χ3n) is 3.36. The fourth-order valence-corrected chi connectivity index (χ4v) is 2.08. The average Bonchev–Trinajstić information content (AvgIpc) is 2.61. The van der Waals surface area contributed by atoms with Crippen LogP contribution in [0.3, 0.4) is 0 Å². The molecule has 0 unspecified atom stereocenters. The minimum absolute atomic E-state index is 0.0625. The van der Waals surface area contributed by atoms with Crippen LogP contribution < -0.4 is 21.8 Å². The topological polar surface area (TPSA) is 137 Å². The summed E-state index contributed by atoms with van der Waals surface area (Å²) in [7, 11) is 0. The van der Waals surface area contributed by atoms with E-state index < -0.39 is 11.9 Å². The highest BCUT2D eigenvalue weighted by atomic mass is 16.5. The van der Waals surface area contributed by atoms with E-state index in [2.05, 4.69) is 10.6 Å². The molecule has 8 nitrogen and oxygen atoms in total. The zero-order chi connectivity index (χ0) is 17.5. The van der Waals surface area contributed by atoms with Crippen LogP contribution in [0.2, 0.25) is 0 Å². The Morgan fingerprint density at radius 2 is 1.79 bits per heavy atom. The minimum atomic E-state index is -0.610. The largest absolute Gasteiger partial charge is 0.506 e. The highest BCUT2D eigenvalue weighted by molar-refractivity contribution is 5.93. The van der Waals surface area contributed by atoms with Crippen LogP contribution in [0.4, 0.5) is 10.5 Å². The lowest BCUT2D eigenvalue weighted by Crippen LogP contribution is -2.28. The molecule has 0 heterocycles. The Kier molecular flexibility index (Phi) is 5.72. The second kappa shape index (κ2) is 7.95. The number of rotatable bonds is 5. The Hall–Kier alpha value is -3.10. The number of urea groups is 1. The molecule has 2 rings (SSSR count). The summed E-state index contributed by atoms with van der Waals surface area (Å²) in [5.41, 5.74) is 9.06. The van der Waals surface area contributed by atoms with Gasteiger partial charge in [0, 0.05) is 18.7 Å². The van der Waals surface area contributed by atoms with Gasteiger partial charge in [0.2, 0.25) is 0 Å². The molecule has 2 aromatic rings. The van der Waals surface area contributed by atoms with Crippen LogP contribution in [0.1, 0.15) is 21.5 Å². The minimum Gasteiger partial charge on any atom is -0.506 e. The van der Waals surface area contributed by atoms with Crippen LogP contribution in [0.25, 0.3) is 0 Å². The van der Waals surface area contributed by atoms with E-state index in [-0.39, 0.29) is 24.5 Å². The summed E-state index contributed by atoms with van der Waals surface area (Å²) >= 11 is 0. The molecule has 2 aromatic carbocycles. The second-order valence-electron chi connectivity index (χ2n) is 4.96. The highest BCUT2D eigenvalue weighted by Crippen LogP contribution is 2.26. The Morgan fingerprint density at radius 3 is 2.42 bits per heavy atom. The number of para-hydroxylation sites is 1. The molecule has 7 N–H and O–H groups in total. The predicted molar refractivity (Wildman–Crippen MR) is 87.6 cm³/mol. The van der Waals surface area contributed by atoms with Crippen molar-refractivity contribution < 1.29 is 19.9 Å². The first-order valence-corrected chi connectivity index (χ1v) is 7.14. The SMILES string of the molecule is NCc1cccc(O)c1NC(=O)NCc1ccc(C(=O)NO)cc1. The maximum Gasteiger partial charge on any atom is 0.319 e. The van der Waals surface area contributed by atoms with Gasteiger partial charge in [-0.1, -0.05) is 24.3 Å². The first-order valence-electron chi connectivity index (χ1n) is 7.14. The third kappa shape index (κ3) is 4.22. The molecule has 0 aliphatic carbocycles. The second-order valence-corrected chi connectivity index (χ2v) is 4.96. The molecule has 0 aliphatic rings. The zero-order valence-electron chi connectivity index (χ0n) is 12.7. The normalized spacial score (nSPS) is 10.1. The summed E-state index contributed by atoms with van der Waals surface area (Å²) in [6.45, 7) is 0.400. The van der Waals surface area contributed by atoms with E-state index >= 15 is 0 Å². The van der Waals surface area contributed by atoms with Gasteiger partial charge >= 0.3 is 6.03 Å². The van der Waals surface area contributed by atoms with Crippen LogP contribution in [0.5, 0.6) is 5.75 Å². The van der Waals surface area contributed by atoms with Crippen molar-refractivity contribution in [2.24, 2.45) is 5.73 Å². The van der Waals surface area contributed by atoms with E-state index in [1.807, 2.05) is 0 Å². The van der Waals surface area contributed by atoms with Gasteiger partial charge in [-0.15, -0.1) is 0 Å². The fourth-order valence-electron chi connectivity index (χ4n) is 2.08. The zero-order valence-corrected chi connectivity index (χ0v) is 12.7. The smallest absolute Gasteiger partial charge is 0.319 e. The van der Waals surface area contributed by atoms with Crippen LogP contribution in [-0.4, -0.2) is 22.3 Å². The summed E-state index contributed by atoms with van der Waals surface area (Å²) < 4.78 is 0. The van der Waals surface area contributed by atoms with Gasteiger partial charge in [-0.3, -0.25) is 10.0 Å². The molecule has 126 valence electrons. The Labute approximate surface area is 138 Å². The molecule has 8 heteroatoms. The molecule has 0 fully saturated rings. The van der Waals surface area contributed by atoms with Crippen LogP contribution in [0, 0.1) is 0 Å². The number of phenols is 1. The molecule has 0 saturated carbocycles. The van der Waals surface area contributed by atoms with Crippen molar-refractivity contribution in [1.29, 1.82) is 0 Å². The van der Waals surface area contributed by atoms with Gasteiger partial charge in [0.05, 0.1) is 5.69 Å². The number of hydrogen-bond donors (Lipinski definition) is 6. The third-order valence-corrected chi connectivity index (χ3v) is 3.36.